The summed E-state index contributed by atoms with van der Waals surface area (Å²) >= 11 is 1.45. The van der Waals surface area contributed by atoms with Crippen molar-refractivity contribution in [3.63, 3.8) is 0 Å². The largest absolute Gasteiger partial charge is 0.454 e. The van der Waals surface area contributed by atoms with E-state index in [1.54, 1.807) is 0 Å². The molecule has 1 aromatic heterocycles. The van der Waals surface area contributed by atoms with Gasteiger partial charge in [-0.05, 0) is 37.1 Å². The summed E-state index contributed by atoms with van der Waals surface area (Å²) in [7, 11) is 0. The Morgan fingerprint density at radius 1 is 1.13 bits per heavy atom. The lowest BCUT2D eigenvalue weighted by Gasteiger charge is -2.12. The van der Waals surface area contributed by atoms with E-state index in [2.05, 4.69) is 20.1 Å². The number of ketones is 1. The van der Waals surface area contributed by atoms with Crippen LogP contribution in [0.15, 0.2) is 53.7 Å². The van der Waals surface area contributed by atoms with Gasteiger partial charge >= 0.3 is 0 Å². The Bertz CT molecular complexity index is 1050. The van der Waals surface area contributed by atoms with E-state index in [9.17, 15) is 4.79 Å². The van der Waals surface area contributed by atoms with Crippen molar-refractivity contribution in [2.75, 3.05) is 19.1 Å². The lowest BCUT2D eigenvalue weighted by molar-refractivity contribution is -0.118. The Morgan fingerprint density at radius 3 is 2.83 bits per heavy atom. The second kappa shape index (κ2) is 8.49. The van der Waals surface area contributed by atoms with E-state index in [0.717, 1.165) is 53.0 Å². The Morgan fingerprint density at radius 2 is 2.00 bits per heavy atom. The van der Waals surface area contributed by atoms with E-state index < -0.39 is 0 Å². The van der Waals surface area contributed by atoms with Gasteiger partial charge in [-0.15, -0.1) is 10.2 Å². The summed E-state index contributed by atoms with van der Waals surface area (Å²) in [4.78, 5) is 12.5. The van der Waals surface area contributed by atoms with E-state index >= 15 is 0 Å². The molecule has 0 amide bonds. The topological polar surface area (TPSA) is 78.3 Å². The minimum Gasteiger partial charge on any atom is -0.454 e. The molecule has 1 saturated heterocycles. The van der Waals surface area contributed by atoms with Crippen molar-refractivity contribution in [2.24, 2.45) is 0 Å². The molecule has 2 aliphatic heterocycles. The zero-order valence-electron chi connectivity index (χ0n) is 16.4. The molecule has 3 aromatic rings. The highest BCUT2D eigenvalue weighted by atomic mass is 32.2. The number of benzene rings is 2. The molecule has 0 spiro atoms. The molecule has 0 bridgehead atoms. The third-order valence-electron chi connectivity index (χ3n) is 5.32. The fourth-order valence-corrected chi connectivity index (χ4v) is 4.63. The van der Waals surface area contributed by atoms with Crippen LogP contribution in [-0.2, 0) is 11.3 Å². The van der Waals surface area contributed by atoms with Crippen LogP contribution in [0, 0.1) is 0 Å². The van der Waals surface area contributed by atoms with Gasteiger partial charge in [-0.2, -0.15) is 0 Å². The minimum absolute atomic E-state index is 0.0312. The SMILES string of the molecule is O=C(CSc1nnc(-c2ccccc2)n1Cc1ccc2c(c1)OCO2)C1CCCN1. The second-order valence-corrected chi connectivity index (χ2v) is 8.29. The number of Topliss-reactive ketones (excluding diaryl/α,β-unsaturated/α-hetero) is 1. The van der Waals surface area contributed by atoms with Gasteiger partial charge in [0.15, 0.2) is 28.3 Å². The fraction of sp³-hybridized carbons (Fsp3) is 0.318. The van der Waals surface area contributed by atoms with Crippen molar-refractivity contribution in [3.8, 4) is 22.9 Å². The number of carbonyl (C=O) groups excluding carboxylic acids is 1. The van der Waals surface area contributed by atoms with E-state index in [4.69, 9.17) is 9.47 Å². The maximum Gasteiger partial charge on any atom is 0.231 e. The number of fused-ring (bicyclic) bond motifs is 1. The molecule has 1 N–H and O–H groups in total. The molecular formula is C22H22N4O3S. The number of ether oxygens (including phenoxy) is 2. The van der Waals surface area contributed by atoms with Gasteiger partial charge in [0.2, 0.25) is 6.79 Å². The second-order valence-electron chi connectivity index (χ2n) is 7.35. The van der Waals surface area contributed by atoms with Crippen molar-refractivity contribution in [3.05, 3.63) is 54.1 Å². The number of thioether (sulfide) groups is 1. The van der Waals surface area contributed by atoms with Crippen molar-refractivity contribution in [1.29, 1.82) is 0 Å². The van der Waals surface area contributed by atoms with Gasteiger partial charge < -0.3 is 14.8 Å². The first-order valence-electron chi connectivity index (χ1n) is 10.0. The lowest BCUT2D eigenvalue weighted by Crippen LogP contribution is -2.32. The predicted octanol–water partition coefficient (Wildman–Crippen LogP) is 3.14. The van der Waals surface area contributed by atoms with Crippen molar-refractivity contribution in [1.82, 2.24) is 20.1 Å². The summed E-state index contributed by atoms with van der Waals surface area (Å²) in [5.41, 5.74) is 2.04. The van der Waals surface area contributed by atoms with Crippen LogP contribution in [0.4, 0.5) is 0 Å². The Hall–Kier alpha value is -2.84. The molecule has 2 aliphatic rings. The van der Waals surface area contributed by atoms with Crippen LogP contribution in [0.25, 0.3) is 11.4 Å². The van der Waals surface area contributed by atoms with Crippen LogP contribution >= 0.6 is 11.8 Å². The van der Waals surface area contributed by atoms with Crippen LogP contribution < -0.4 is 14.8 Å². The molecule has 0 saturated carbocycles. The first-order valence-corrected chi connectivity index (χ1v) is 11.0. The van der Waals surface area contributed by atoms with E-state index in [1.807, 2.05) is 48.5 Å². The molecule has 30 heavy (non-hydrogen) atoms. The van der Waals surface area contributed by atoms with Crippen LogP contribution in [0.3, 0.4) is 0 Å². The van der Waals surface area contributed by atoms with Crippen LogP contribution in [0.2, 0.25) is 0 Å². The standard InChI is InChI=1S/C22H22N4O3S/c27-18(17-7-4-10-23-17)13-30-22-25-24-21(16-5-2-1-3-6-16)26(22)12-15-8-9-19-20(11-15)29-14-28-19/h1-3,5-6,8-9,11,17,23H,4,7,10,12-14H2. The molecule has 1 fully saturated rings. The maximum atomic E-state index is 12.5. The molecule has 7 nitrogen and oxygen atoms in total. The molecule has 2 aromatic carbocycles. The summed E-state index contributed by atoms with van der Waals surface area (Å²) in [6.07, 6.45) is 1.97. The van der Waals surface area contributed by atoms with Crippen molar-refractivity contribution >= 4 is 17.5 Å². The normalized spacial score (nSPS) is 17.4. The maximum absolute atomic E-state index is 12.5. The molecule has 3 heterocycles. The average molecular weight is 423 g/mol. The van der Waals surface area contributed by atoms with Gasteiger partial charge in [0.1, 0.15) is 0 Å². The fourth-order valence-electron chi connectivity index (χ4n) is 3.76. The summed E-state index contributed by atoms with van der Waals surface area (Å²) in [6.45, 7) is 1.74. The number of nitrogens with one attached hydrogen (secondary N) is 1. The molecule has 154 valence electrons. The molecule has 5 rings (SSSR count). The van der Waals surface area contributed by atoms with Gasteiger partial charge in [-0.25, -0.2) is 0 Å². The first kappa shape index (κ1) is 19.1. The van der Waals surface area contributed by atoms with E-state index in [-0.39, 0.29) is 18.6 Å². The number of carbonyl (C=O) groups is 1. The summed E-state index contributed by atoms with van der Waals surface area (Å²) in [5, 5.41) is 12.9. The Balaban J connectivity index is 1.42. The van der Waals surface area contributed by atoms with E-state index in [1.165, 1.54) is 11.8 Å². The third-order valence-corrected chi connectivity index (χ3v) is 6.31. The van der Waals surface area contributed by atoms with Gasteiger partial charge in [0, 0.05) is 5.56 Å². The van der Waals surface area contributed by atoms with Gasteiger partial charge in [-0.3, -0.25) is 9.36 Å². The molecule has 0 aliphatic carbocycles. The van der Waals surface area contributed by atoms with Gasteiger partial charge in [0.05, 0.1) is 18.3 Å². The molecule has 8 heteroatoms. The number of rotatable bonds is 7. The smallest absolute Gasteiger partial charge is 0.231 e. The summed E-state index contributed by atoms with van der Waals surface area (Å²) < 4.78 is 13.0. The number of hydrogen-bond donors (Lipinski definition) is 1. The van der Waals surface area contributed by atoms with Crippen molar-refractivity contribution in [2.45, 2.75) is 30.6 Å². The van der Waals surface area contributed by atoms with Crippen LogP contribution in [0.1, 0.15) is 18.4 Å². The van der Waals surface area contributed by atoms with Gasteiger partial charge in [-0.1, -0.05) is 48.2 Å². The third kappa shape index (κ3) is 3.93. The monoisotopic (exact) mass is 422 g/mol. The summed E-state index contributed by atoms with van der Waals surface area (Å²) in [5.74, 6) is 2.89. The highest BCUT2D eigenvalue weighted by Crippen LogP contribution is 2.33. The zero-order valence-corrected chi connectivity index (χ0v) is 17.2. The van der Waals surface area contributed by atoms with Crippen LogP contribution in [-0.4, -0.2) is 45.7 Å². The zero-order chi connectivity index (χ0) is 20.3. The Labute approximate surface area is 178 Å². The number of hydrogen-bond acceptors (Lipinski definition) is 7. The molecule has 1 unspecified atom stereocenters. The highest BCUT2D eigenvalue weighted by Gasteiger charge is 2.23. The Kier molecular flexibility index (Phi) is 5.42. The predicted molar refractivity (Wildman–Crippen MR) is 114 cm³/mol. The van der Waals surface area contributed by atoms with Crippen LogP contribution in [0.5, 0.6) is 11.5 Å². The quantitative estimate of drug-likeness (QED) is 0.586. The summed E-state index contributed by atoms with van der Waals surface area (Å²) in [6, 6.07) is 15.9. The number of aromatic nitrogens is 3. The highest BCUT2D eigenvalue weighted by molar-refractivity contribution is 7.99. The van der Waals surface area contributed by atoms with Gasteiger partial charge in [0.25, 0.3) is 0 Å². The minimum atomic E-state index is -0.0312. The van der Waals surface area contributed by atoms with E-state index in [0.29, 0.717) is 12.3 Å². The average Bonchev–Trinajstić information content (AvgIpc) is 3.53. The number of nitrogens with zero attached hydrogens (tertiary/aromatic N) is 3. The first-order chi connectivity index (χ1) is 14.8. The molecular weight excluding hydrogens is 400 g/mol. The molecule has 0 radical (unpaired) electrons. The van der Waals surface area contributed by atoms with Crippen molar-refractivity contribution < 1.29 is 14.3 Å². The molecule has 1 atom stereocenters. The lowest BCUT2D eigenvalue weighted by atomic mass is 10.2.